The van der Waals surface area contributed by atoms with Gasteiger partial charge < -0.3 is 20.1 Å². The number of rotatable bonds is 8. The highest BCUT2D eigenvalue weighted by Crippen LogP contribution is 2.29. The van der Waals surface area contributed by atoms with E-state index in [1.165, 1.54) is 31.2 Å². The molecule has 1 aliphatic rings. The minimum atomic E-state index is -0.265. The highest BCUT2D eigenvalue weighted by molar-refractivity contribution is 5.78. The van der Waals surface area contributed by atoms with E-state index in [9.17, 15) is 4.79 Å². The van der Waals surface area contributed by atoms with Crippen molar-refractivity contribution in [3.8, 4) is 11.5 Å². The van der Waals surface area contributed by atoms with Crippen molar-refractivity contribution in [2.75, 3.05) is 13.2 Å². The lowest BCUT2D eigenvalue weighted by Gasteiger charge is -2.21. The van der Waals surface area contributed by atoms with E-state index in [2.05, 4.69) is 10.6 Å². The Bertz CT molecular complexity index is 561. The number of hydrogen-bond donors (Lipinski definition) is 2. The molecular formula is C20H32N2O3. The van der Waals surface area contributed by atoms with E-state index < -0.39 is 0 Å². The number of hydrogen-bond acceptors (Lipinski definition) is 4. The molecule has 1 saturated carbocycles. The maximum absolute atomic E-state index is 11.9. The van der Waals surface area contributed by atoms with Gasteiger partial charge in [-0.15, -0.1) is 0 Å². The summed E-state index contributed by atoms with van der Waals surface area (Å²) in [5.41, 5.74) is 0.903. The zero-order chi connectivity index (χ0) is 18.3. The molecule has 2 rings (SSSR count). The largest absolute Gasteiger partial charge is 0.490 e. The van der Waals surface area contributed by atoms with E-state index in [-0.39, 0.29) is 18.1 Å². The van der Waals surface area contributed by atoms with Gasteiger partial charge in [0.1, 0.15) is 0 Å². The first-order valence-electron chi connectivity index (χ1n) is 9.30. The predicted octanol–water partition coefficient (Wildman–Crippen LogP) is 3.41. The third-order valence-electron chi connectivity index (χ3n) is 4.13. The number of carbonyl (C=O) groups is 1. The minimum Gasteiger partial charge on any atom is -0.490 e. The van der Waals surface area contributed by atoms with Crippen molar-refractivity contribution in [2.45, 2.75) is 71.5 Å². The van der Waals surface area contributed by atoms with Gasteiger partial charge in [-0.25, -0.2) is 0 Å². The molecule has 0 atom stereocenters. The van der Waals surface area contributed by atoms with Crippen molar-refractivity contribution < 1.29 is 14.3 Å². The van der Waals surface area contributed by atoms with E-state index in [0.29, 0.717) is 24.1 Å². The van der Waals surface area contributed by atoms with Crippen LogP contribution in [0.1, 0.15) is 58.9 Å². The molecule has 0 aliphatic heterocycles. The summed E-state index contributed by atoms with van der Waals surface area (Å²) in [6.07, 6.45) is 5.18. The minimum absolute atomic E-state index is 0.0169. The Hall–Kier alpha value is -1.75. The van der Waals surface area contributed by atoms with Gasteiger partial charge in [0.25, 0.3) is 5.91 Å². The number of carbonyl (C=O) groups excluding carboxylic acids is 1. The van der Waals surface area contributed by atoms with Crippen LogP contribution in [0.5, 0.6) is 11.5 Å². The highest BCUT2D eigenvalue weighted by atomic mass is 16.5. The monoisotopic (exact) mass is 348 g/mol. The Kier molecular flexibility index (Phi) is 7.12. The van der Waals surface area contributed by atoms with Crippen molar-refractivity contribution in [3.63, 3.8) is 0 Å². The van der Waals surface area contributed by atoms with Gasteiger partial charge >= 0.3 is 0 Å². The fourth-order valence-electron chi connectivity index (χ4n) is 3.04. The van der Waals surface area contributed by atoms with E-state index >= 15 is 0 Å². The number of ether oxygens (including phenoxy) is 2. The van der Waals surface area contributed by atoms with Gasteiger partial charge in [0, 0.05) is 18.1 Å². The zero-order valence-electron chi connectivity index (χ0n) is 16.0. The fourth-order valence-corrected chi connectivity index (χ4v) is 3.04. The fraction of sp³-hybridized carbons (Fsp3) is 0.650. The van der Waals surface area contributed by atoms with Crippen LogP contribution in [0.2, 0.25) is 0 Å². The molecule has 1 aromatic rings. The molecule has 0 unspecified atom stereocenters. The first-order valence-corrected chi connectivity index (χ1v) is 9.30. The Morgan fingerprint density at radius 3 is 2.52 bits per heavy atom. The average Bonchev–Trinajstić information content (AvgIpc) is 3.04. The Morgan fingerprint density at radius 2 is 1.88 bits per heavy atom. The van der Waals surface area contributed by atoms with Crippen LogP contribution >= 0.6 is 0 Å². The summed E-state index contributed by atoms with van der Waals surface area (Å²) in [4.78, 5) is 11.9. The van der Waals surface area contributed by atoms with Gasteiger partial charge in [-0.2, -0.15) is 0 Å². The third kappa shape index (κ3) is 6.94. The smallest absolute Gasteiger partial charge is 0.258 e. The van der Waals surface area contributed by atoms with Gasteiger partial charge in [0.05, 0.1) is 6.61 Å². The number of benzene rings is 1. The first-order chi connectivity index (χ1) is 11.9. The molecule has 0 aromatic heterocycles. The van der Waals surface area contributed by atoms with Crippen LogP contribution in [0.3, 0.4) is 0 Å². The lowest BCUT2D eigenvalue weighted by Crippen LogP contribution is -2.43. The maximum atomic E-state index is 11.9. The molecule has 1 fully saturated rings. The third-order valence-corrected chi connectivity index (χ3v) is 4.13. The van der Waals surface area contributed by atoms with Gasteiger partial charge in [0.2, 0.25) is 0 Å². The second-order valence-electron chi connectivity index (χ2n) is 7.66. The van der Waals surface area contributed by atoms with E-state index in [1.807, 2.05) is 45.9 Å². The second kappa shape index (κ2) is 9.09. The van der Waals surface area contributed by atoms with E-state index in [1.54, 1.807) is 0 Å². The quantitative estimate of drug-likeness (QED) is 0.756. The first kappa shape index (κ1) is 19.6. The topological polar surface area (TPSA) is 59.6 Å². The second-order valence-corrected chi connectivity index (χ2v) is 7.66. The van der Waals surface area contributed by atoms with E-state index in [4.69, 9.17) is 9.47 Å². The summed E-state index contributed by atoms with van der Waals surface area (Å²) in [6, 6.07) is 6.55. The Balaban J connectivity index is 1.93. The highest BCUT2D eigenvalue weighted by Gasteiger charge is 2.16. The molecule has 2 N–H and O–H groups in total. The normalized spacial score (nSPS) is 15.2. The summed E-state index contributed by atoms with van der Waals surface area (Å²) < 4.78 is 11.4. The van der Waals surface area contributed by atoms with Crippen molar-refractivity contribution >= 4 is 5.91 Å². The average molecular weight is 348 g/mol. The van der Waals surface area contributed by atoms with Crippen molar-refractivity contribution in [1.29, 1.82) is 0 Å². The number of amides is 1. The van der Waals surface area contributed by atoms with Crippen LogP contribution in [-0.2, 0) is 11.3 Å². The van der Waals surface area contributed by atoms with Crippen LogP contribution in [0.4, 0.5) is 0 Å². The molecule has 1 amide bonds. The van der Waals surface area contributed by atoms with Crippen molar-refractivity contribution in [2.24, 2.45) is 0 Å². The summed E-state index contributed by atoms with van der Waals surface area (Å²) in [5, 5.41) is 6.49. The van der Waals surface area contributed by atoms with Gasteiger partial charge in [-0.1, -0.05) is 18.9 Å². The summed E-state index contributed by atoms with van der Waals surface area (Å²) in [6.45, 7) is 9.16. The summed E-state index contributed by atoms with van der Waals surface area (Å²) in [7, 11) is 0. The molecule has 1 aromatic carbocycles. The molecule has 0 spiro atoms. The van der Waals surface area contributed by atoms with Gasteiger partial charge in [0.15, 0.2) is 18.1 Å². The standard InChI is InChI=1S/C20H32N2O3/c1-5-24-18-12-15(13-21-16-8-6-7-9-16)10-11-17(18)25-14-19(23)22-20(2,3)4/h10-12,16,21H,5-9,13-14H2,1-4H3,(H,22,23). The van der Waals surface area contributed by atoms with Crippen molar-refractivity contribution in [1.82, 2.24) is 10.6 Å². The SMILES string of the molecule is CCOc1cc(CNC2CCCC2)ccc1OCC(=O)NC(C)(C)C. The summed E-state index contributed by atoms with van der Waals surface area (Å²) >= 11 is 0. The van der Waals surface area contributed by atoms with Crippen molar-refractivity contribution in [3.05, 3.63) is 23.8 Å². The van der Waals surface area contributed by atoms with Gasteiger partial charge in [-0.3, -0.25) is 4.79 Å². The molecule has 140 valence electrons. The lowest BCUT2D eigenvalue weighted by molar-refractivity contribution is -0.124. The predicted molar refractivity (Wildman–Crippen MR) is 100 cm³/mol. The van der Waals surface area contributed by atoms with Crippen LogP contribution in [0.15, 0.2) is 18.2 Å². The van der Waals surface area contributed by atoms with Crippen LogP contribution in [0.25, 0.3) is 0 Å². The Labute approximate surface area is 151 Å². The zero-order valence-corrected chi connectivity index (χ0v) is 16.0. The molecular weight excluding hydrogens is 316 g/mol. The molecule has 5 heteroatoms. The lowest BCUT2D eigenvalue weighted by atomic mass is 10.1. The van der Waals surface area contributed by atoms with Crippen LogP contribution in [0, 0.1) is 0 Å². The molecule has 1 aliphatic carbocycles. The summed E-state index contributed by atoms with van der Waals surface area (Å²) in [5.74, 6) is 1.16. The maximum Gasteiger partial charge on any atom is 0.258 e. The van der Waals surface area contributed by atoms with Crippen LogP contribution in [-0.4, -0.2) is 30.7 Å². The molecule has 25 heavy (non-hydrogen) atoms. The molecule has 0 radical (unpaired) electrons. The molecule has 0 heterocycles. The molecule has 0 saturated heterocycles. The van der Waals surface area contributed by atoms with E-state index in [0.717, 1.165) is 6.54 Å². The van der Waals surface area contributed by atoms with Gasteiger partial charge in [-0.05, 0) is 58.2 Å². The number of nitrogens with one attached hydrogen (secondary N) is 2. The van der Waals surface area contributed by atoms with Crippen LogP contribution < -0.4 is 20.1 Å². The molecule has 5 nitrogen and oxygen atoms in total. The molecule has 0 bridgehead atoms. The Morgan fingerprint density at radius 1 is 1.16 bits per heavy atom.